The molecule has 12 heavy (non-hydrogen) atoms. The number of carbonyl (C=O) groups is 1. The first kappa shape index (κ1) is 11.2. The van der Waals surface area contributed by atoms with Crippen molar-refractivity contribution in [2.24, 2.45) is 0 Å². The van der Waals surface area contributed by atoms with E-state index in [1.54, 1.807) is 0 Å². The third kappa shape index (κ3) is 7.28. The molecule has 3 nitrogen and oxygen atoms in total. The average molecular weight is 172 g/mol. The fourth-order valence-corrected chi connectivity index (χ4v) is 0.707. The minimum Gasteiger partial charge on any atom is -0.467 e. The van der Waals surface area contributed by atoms with Crippen LogP contribution >= 0.6 is 0 Å². The normalized spacial score (nSPS) is 9.42. The van der Waals surface area contributed by atoms with E-state index in [4.69, 9.17) is 4.74 Å². The van der Waals surface area contributed by atoms with Gasteiger partial charge >= 0.3 is 5.97 Å². The van der Waals surface area contributed by atoms with Crippen molar-refractivity contribution in [3.63, 3.8) is 0 Å². The van der Waals surface area contributed by atoms with Crippen LogP contribution in [0.3, 0.4) is 0 Å². The van der Waals surface area contributed by atoms with Crippen LogP contribution in [-0.4, -0.2) is 26.3 Å². The molecule has 0 aromatic rings. The van der Waals surface area contributed by atoms with Crippen molar-refractivity contribution in [2.75, 3.05) is 20.3 Å². The summed E-state index contributed by atoms with van der Waals surface area (Å²) in [5.74, 6) is -0.321. The van der Waals surface area contributed by atoms with Crippen molar-refractivity contribution in [3.8, 4) is 0 Å². The summed E-state index contributed by atoms with van der Waals surface area (Å²) in [5, 5.41) is 0. The minimum atomic E-state index is -0.321. The van der Waals surface area contributed by atoms with Crippen LogP contribution in [0.15, 0.2) is 12.7 Å². The summed E-state index contributed by atoms with van der Waals surface area (Å²) in [7, 11) is 1.35. The van der Waals surface area contributed by atoms with Gasteiger partial charge in [0.25, 0.3) is 0 Å². The summed E-state index contributed by atoms with van der Waals surface area (Å²) in [6, 6.07) is 0. The molecule has 0 amide bonds. The highest BCUT2D eigenvalue weighted by Crippen LogP contribution is 1.95. The van der Waals surface area contributed by atoms with Gasteiger partial charge in [-0.3, -0.25) is 0 Å². The molecule has 0 saturated heterocycles. The smallest absolute Gasteiger partial charge is 0.331 e. The van der Waals surface area contributed by atoms with Crippen LogP contribution in [-0.2, 0) is 14.3 Å². The summed E-state index contributed by atoms with van der Waals surface area (Å²) >= 11 is 0. The van der Waals surface area contributed by atoms with Crippen LogP contribution < -0.4 is 0 Å². The first-order chi connectivity index (χ1) is 5.81. The first-order valence-electron chi connectivity index (χ1n) is 4.06. The predicted molar refractivity (Wildman–Crippen MR) is 46.9 cm³/mol. The van der Waals surface area contributed by atoms with E-state index in [1.807, 2.05) is 6.08 Å². The molecule has 0 atom stereocenters. The highest BCUT2D eigenvalue weighted by molar-refractivity contribution is 5.70. The maximum absolute atomic E-state index is 10.5. The number of carbonyl (C=O) groups excluding carboxylic acids is 1. The molecular formula is C9H16O3. The Morgan fingerprint density at radius 3 is 2.83 bits per heavy atom. The lowest BCUT2D eigenvalue weighted by atomic mass is 10.2. The lowest BCUT2D eigenvalue weighted by Crippen LogP contribution is -2.10. The Labute approximate surface area is 73.4 Å². The van der Waals surface area contributed by atoms with Gasteiger partial charge in [0, 0.05) is 6.61 Å². The average Bonchev–Trinajstić information content (AvgIpc) is 2.10. The Morgan fingerprint density at radius 2 is 2.25 bits per heavy atom. The van der Waals surface area contributed by atoms with Crippen molar-refractivity contribution in [2.45, 2.75) is 19.3 Å². The molecule has 0 bridgehead atoms. The van der Waals surface area contributed by atoms with Crippen LogP contribution in [0, 0.1) is 0 Å². The Kier molecular flexibility index (Phi) is 7.70. The van der Waals surface area contributed by atoms with Gasteiger partial charge in [-0.05, 0) is 19.3 Å². The monoisotopic (exact) mass is 172 g/mol. The van der Waals surface area contributed by atoms with E-state index in [9.17, 15) is 4.79 Å². The molecule has 0 heterocycles. The molecule has 0 aromatic carbocycles. The van der Waals surface area contributed by atoms with Crippen molar-refractivity contribution in [1.82, 2.24) is 0 Å². The van der Waals surface area contributed by atoms with Crippen molar-refractivity contribution in [1.29, 1.82) is 0 Å². The van der Waals surface area contributed by atoms with Crippen LogP contribution in [0.5, 0.6) is 0 Å². The summed E-state index contributed by atoms with van der Waals surface area (Å²) in [5.41, 5.74) is 0. The molecule has 3 heteroatoms. The van der Waals surface area contributed by atoms with E-state index in [0.29, 0.717) is 6.61 Å². The van der Waals surface area contributed by atoms with E-state index in [-0.39, 0.29) is 12.6 Å². The minimum absolute atomic E-state index is 0.0601. The van der Waals surface area contributed by atoms with Crippen LogP contribution in [0.4, 0.5) is 0 Å². The predicted octanol–water partition coefficient (Wildman–Crippen LogP) is 1.53. The maximum atomic E-state index is 10.5. The second-order valence-electron chi connectivity index (χ2n) is 2.41. The quantitative estimate of drug-likeness (QED) is 0.332. The molecule has 0 unspecified atom stereocenters. The summed E-state index contributed by atoms with van der Waals surface area (Å²) < 4.78 is 9.42. The van der Waals surface area contributed by atoms with Gasteiger partial charge in [0.1, 0.15) is 6.61 Å². The third-order valence-electron chi connectivity index (χ3n) is 1.39. The zero-order valence-electron chi connectivity index (χ0n) is 7.54. The molecule has 0 N–H and O–H groups in total. The van der Waals surface area contributed by atoms with Gasteiger partial charge in [0.15, 0.2) is 0 Å². The SMILES string of the molecule is C=CCCCCOCC(=O)OC. The number of methoxy groups -OCH3 is 1. The van der Waals surface area contributed by atoms with E-state index < -0.39 is 0 Å². The lowest BCUT2D eigenvalue weighted by Gasteiger charge is -2.01. The zero-order valence-corrected chi connectivity index (χ0v) is 7.54. The molecule has 0 radical (unpaired) electrons. The highest BCUT2D eigenvalue weighted by atomic mass is 16.6. The van der Waals surface area contributed by atoms with Gasteiger partial charge < -0.3 is 9.47 Å². The van der Waals surface area contributed by atoms with Gasteiger partial charge in [0.05, 0.1) is 7.11 Å². The molecule has 70 valence electrons. The summed E-state index contributed by atoms with van der Waals surface area (Å²) in [4.78, 5) is 10.5. The van der Waals surface area contributed by atoms with Crippen LogP contribution in [0.1, 0.15) is 19.3 Å². The molecule has 0 aliphatic carbocycles. The Morgan fingerprint density at radius 1 is 1.50 bits per heavy atom. The fourth-order valence-electron chi connectivity index (χ4n) is 0.707. The standard InChI is InChI=1S/C9H16O3/c1-3-4-5-6-7-12-8-9(10)11-2/h3H,1,4-8H2,2H3. The number of esters is 1. The van der Waals surface area contributed by atoms with Gasteiger partial charge in [-0.1, -0.05) is 6.08 Å². The number of hydrogen-bond donors (Lipinski definition) is 0. The second-order valence-corrected chi connectivity index (χ2v) is 2.41. The van der Waals surface area contributed by atoms with Gasteiger partial charge in [-0.15, -0.1) is 6.58 Å². The number of hydrogen-bond acceptors (Lipinski definition) is 3. The Balaban J connectivity index is 3.00. The van der Waals surface area contributed by atoms with Crippen molar-refractivity contribution < 1.29 is 14.3 Å². The Hall–Kier alpha value is -0.830. The lowest BCUT2D eigenvalue weighted by molar-refractivity contribution is -0.145. The molecular weight excluding hydrogens is 156 g/mol. The molecule has 0 rings (SSSR count). The number of ether oxygens (including phenoxy) is 2. The molecule has 0 spiro atoms. The molecule has 0 aromatic heterocycles. The summed E-state index contributed by atoms with van der Waals surface area (Å²) in [6.45, 7) is 4.28. The van der Waals surface area contributed by atoms with Crippen molar-refractivity contribution in [3.05, 3.63) is 12.7 Å². The number of unbranched alkanes of at least 4 members (excludes halogenated alkanes) is 2. The Bertz CT molecular complexity index is 132. The topological polar surface area (TPSA) is 35.5 Å². The fraction of sp³-hybridized carbons (Fsp3) is 0.667. The van der Waals surface area contributed by atoms with E-state index in [0.717, 1.165) is 19.3 Å². The number of allylic oxidation sites excluding steroid dienone is 1. The third-order valence-corrected chi connectivity index (χ3v) is 1.39. The van der Waals surface area contributed by atoms with E-state index in [2.05, 4.69) is 11.3 Å². The van der Waals surface area contributed by atoms with E-state index >= 15 is 0 Å². The number of rotatable bonds is 7. The molecule has 0 aliphatic rings. The molecule has 0 saturated carbocycles. The zero-order chi connectivity index (χ0) is 9.23. The molecule has 0 fully saturated rings. The first-order valence-corrected chi connectivity index (χ1v) is 4.06. The van der Waals surface area contributed by atoms with E-state index in [1.165, 1.54) is 7.11 Å². The van der Waals surface area contributed by atoms with Gasteiger partial charge in [0.2, 0.25) is 0 Å². The summed E-state index contributed by atoms with van der Waals surface area (Å²) in [6.07, 6.45) is 4.90. The highest BCUT2D eigenvalue weighted by Gasteiger charge is 1.97. The second kappa shape index (κ2) is 8.27. The maximum Gasteiger partial charge on any atom is 0.331 e. The van der Waals surface area contributed by atoms with Gasteiger partial charge in [-0.25, -0.2) is 4.79 Å². The van der Waals surface area contributed by atoms with Crippen LogP contribution in [0.25, 0.3) is 0 Å². The van der Waals surface area contributed by atoms with Crippen molar-refractivity contribution >= 4 is 5.97 Å². The molecule has 0 aliphatic heterocycles. The van der Waals surface area contributed by atoms with Crippen LogP contribution in [0.2, 0.25) is 0 Å². The van der Waals surface area contributed by atoms with Gasteiger partial charge in [-0.2, -0.15) is 0 Å². The largest absolute Gasteiger partial charge is 0.467 e.